The van der Waals surface area contributed by atoms with Crippen molar-refractivity contribution < 1.29 is 14.3 Å². The van der Waals surface area contributed by atoms with E-state index in [0.29, 0.717) is 19.8 Å². The van der Waals surface area contributed by atoms with Crippen LogP contribution in [0.15, 0.2) is 42.7 Å². The summed E-state index contributed by atoms with van der Waals surface area (Å²) >= 11 is 0. The molecule has 0 saturated carbocycles. The van der Waals surface area contributed by atoms with E-state index in [1.165, 1.54) is 0 Å². The first-order valence-electron chi connectivity index (χ1n) is 7.20. The Morgan fingerprint density at radius 3 is 2.95 bits per heavy atom. The fraction of sp³-hybridized carbons (Fsp3) is 0.294. The molecule has 0 bridgehead atoms. The van der Waals surface area contributed by atoms with Gasteiger partial charge < -0.3 is 14.4 Å². The number of hydrogen-bond acceptors (Lipinski definition) is 4. The molecule has 0 unspecified atom stereocenters. The van der Waals surface area contributed by atoms with Crippen LogP contribution >= 0.6 is 0 Å². The van der Waals surface area contributed by atoms with E-state index in [-0.39, 0.29) is 12.5 Å². The number of amides is 1. The number of fused-ring (bicyclic) bond motifs is 1. The quantitative estimate of drug-likeness (QED) is 0.869. The molecule has 22 heavy (non-hydrogen) atoms. The maximum Gasteiger partial charge on any atom is 0.253 e. The summed E-state index contributed by atoms with van der Waals surface area (Å²) in [4.78, 5) is 18.2. The zero-order chi connectivity index (χ0) is 15.4. The number of anilines is 1. The van der Waals surface area contributed by atoms with Gasteiger partial charge in [-0.05, 0) is 17.7 Å². The normalized spacial score (nSPS) is 14.6. The van der Waals surface area contributed by atoms with Gasteiger partial charge >= 0.3 is 0 Å². The Morgan fingerprint density at radius 2 is 2.18 bits per heavy atom. The SMILES string of the molecule is COCCN1C(=O)COCc2ccc(-c3cccnc3)cc21. The Labute approximate surface area is 129 Å². The summed E-state index contributed by atoms with van der Waals surface area (Å²) in [5.74, 6) is -0.0425. The summed E-state index contributed by atoms with van der Waals surface area (Å²) in [5.41, 5.74) is 3.95. The van der Waals surface area contributed by atoms with Gasteiger partial charge in [-0.2, -0.15) is 0 Å². The molecule has 0 fully saturated rings. The van der Waals surface area contributed by atoms with Crippen molar-refractivity contribution in [1.29, 1.82) is 0 Å². The molecule has 2 heterocycles. The van der Waals surface area contributed by atoms with E-state index in [4.69, 9.17) is 9.47 Å². The van der Waals surface area contributed by atoms with Crippen molar-refractivity contribution in [3.05, 3.63) is 48.3 Å². The lowest BCUT2D eigenvalue weighted by atomic mass is 10.0. The van der Waals surface area contributed by atoms with E-state index in [1.54, 1.807) is 18.2 Å². The average Bonchev–Trinajstić information content (AvgIpc) is 2.71. The van der Waals surface area contributed by atoms with Crippen molar-refractivity contribution in [2.75, 3.05) is 31.8 Å². The summed E-state index contributed by atoms with van der Waals surface area (Å²) in [6.07, 6.45) is 3.56. The lowest BCUT2D eigenvalue weighted by Crippen LogP contribution is -2.35. The largest absolute Gasteiger partial charge is 0.383 e. The van der Waals surface area contributed by atoms with E-state index < -0.39 is 0 Å². The van der Waals surface area contributed by atoms with Crippen molar-refractivity contribution in [3.63, 3.8) is 0 Å². The summed E-state index contributed by atoms with van der Waals surface area (Å²) in [6.45, 7) is 1.54. The molecule has 114 valence electrons. The molecule has 0 spiro atoms. The highest BCUT2D eigenvalue weighted by molar-refractivity contribution is 5.96. The van der Waals surface area contributed by atoms with Crippen LogP contribution in [-0.4, -0.2) is 37.8 Å². The molecule has 1 amide bonds. The number of rotatable bonds is 4. The summed E-state index contributed by atoms with van der Waals surface area (Å²) in [6, 6.07) is 9.97. The van der Waals surface area contributed by atoms with Gasteiger partial charge in [0.15, 0.2) is 0 Å². The van der Waals surface area contributed by atoms with Crippen molar-refractivity contribution >= 4 is 11.6 Å². The van der Waals surface area contributed by atoms with Crippen LogP contribution in [-0.2, 0) is 20.9 Å². The third-order valence-corrected chi connectivity index (χ3v) is 3.67. The standard InChI is InChI=1S/C17H18N2O3/c1-21-8-7-19-16-9-13(14-3-2-6-18-10-14)4-5-15(16)11-22-12-17(19)20/h2-6,9-10H,7-8,11-12H2,1H3. The van der Waals surface area contributed by atoms with Gasteiger partial charge in [-0.15, -0.1) is 0 Å². The predicted molar refractivity (Wildman–Crippen MR) is 83.6 cm³/mol. The lowest BCUT2D eigenvalue weighted by Gasteiger charge is -2.22. The second-order valence-corrected chi connectivity index (χ2v) is 5.12. The Morgan fingerprint density at radius 1 is 1.27 bits per heavy atom. The zero-order valence-corrected chi connectivity index (χ0v) is 12.5. The Bertz CT molecular complexity index is 658. The van der Waals surface area contributed by atoms with Crippen LogP contribution in [0.5, 0.6) is 0 Å². The molecule has 3 rings (SSSR count). The van der Waals surface area contributed by atoms with Gasteiger partial charge in [0.1, 0.15) is 6.61 Å². The van der Waals surface area contributed by atoms with E-state index in [0.717, 1.165) is 22.4 Å². The molecule has 5 nitrogen and oxygen atoms in total. The summed E-state index contributed by atoms with van der Waals surface area (Å²) < 4.78 is 10.6. The first kappa shape index (κ1) is 14.7. The maximum atomic E-state index is 12.3. The van der Waals surface area contributed by atoms with Crippen LogP contribution in [0.25, 0.3) is 11.1 Å². The number of pyridine rings is 1. The number of aromatic nitrogens is 1. The van der Waals surface area contributed by atoms with Gasteiger partial charge in [-0.1, -0.05) is 18.2 Å². The van der Waals surface area contributed by atoms with Crippen LogP contribution in [0.1, 0.15) is 5.56 Å². The number of carbonyl (C=O) groups is 1. The van der Waals surface area contributed by atoms with Crippen LogP contribution in [0.4, 0.5) is 5.69 Å². The Balaban J connectivity index is 2.01. The van der Waals surface area contributed by atoms with Gasteiger partial charge in [-0.25, -0.2) is 0 Å². The lowest BCUT2D eigenvalue weighted by molar-refractivity contribution is -0.123. The molecular weight excluding hydrogens is 280 g/mol. The monoisotopic (exact) mass is 298 g/mol. The molecule has 1 aromatic heterocycles. The highest BCUT2D eigenvalue weighted by Crippen LogP contribution is 2.30. The maximum absolute atomic E-state index is 12.3. The third kappa shape index (κ3) is 3.00. The first-order valence-corrected chi connectivity index (χ1v) is 7.20. The molecule has 2 aromatic rings. The molecular formula is C17H18N2O3. The number of benzene rings is 1. The fourth-order valence-corrected chi connectivity index (χ4v) is 2.54. The summed E-state index contributed by atoms with van der Waals surface area (Å²) in [7, 11) is 1.63. The van der Waals surface area contributed by atoms with Crippen molar-refractivity contribution in [2.45, 2.75) is 6.61 Å². The van der Waals surface area contributed by atoms with Crippen LogP contribution in [0.2, 0.25) is 0 Å². The smallest absolute Gasteiger partial charge is 0.253 e. The van der Waals surface area contributed by atoms with Crippen LogP contribution < -0.4 is 4.90 Å². The van der Waals surface area contributed by atoms with Gasteiger partial charge in [-0.3, -0.25) is 9.78 Å². The molecule has 0 aliphatic carbocycles. The number of hydrogen-bond donors (Lipinski definition) is 0. The number of nitrogens with zero attached hydrogens (tertiary/aromatic N) is 2. The first-order chi connectivity index (χ1) is 10.8. The number of methoxy groups -OCH3 is 1. The van der Waals surface area contributed by atoms with Crippen LogP contribution in [0, 0.1) is 0 Å². The van der Waals surface area contributed by atoms with Gasteiger partial charge in [0, 0.05) is 42.9 Å². The fourth-order valence-electron chi connectivity index (χ4n) is 2.54. The molecule has 1 aliphatic rings. The Hall–Kier alpha value is -2.24. The van der Waals surface area contributed by atoms with Crippen molar-refractivity contribution in [1.82, 2.24) is 4.98 Å². The molecule has 0 atom stereocenters. The molecule has 5 heteroatoms. The number of ether oxygens (including phenoxy) is 2. The molecule has 0 radical (unpaired) electrons. The van der Waals surface area contributed by atoms with Crippen molar-refractivity contribution in [2.24, 2.45) is 0 Å². The predicted octanol–water partition coefficient (Wildman–Crippen LogP) is 2.26. The molecule has 1 aromatic carbocycles. The van der Waals surface area contributed by atoms with E-state index >= 15 is 0 Å². The van der Waals surface area contributed by atoms with Gasteiger partial charge in [0.2, 0.25) is 0 Å². The third-order valence-electron chi connectivity index (χ3n) is 3.67. The highest BCUT2D eigenvalue weighted by atomic mass is 16.5. The number of carbonyl (C=O) groups excluding carboxylic acids is 1. The highest BCUT2D eigenvalue weighted by Gasteiger charge is 2.22. The topological polar surface area (TPSA) is 51.7 Å². The van der Waals surface area contributed by atoms with Gasteiger partial charge in [0.25, 0.3) is 5.91 Å². The average molecular weight is 298 g/mol. The van der Waals surface area contributed by atoms with Crippen LogP contribution in [0.3, 0.4) is 0 Å². The minimum Gasteiger partial charge on any atom is -0.383 e. The second-order valence-electron chi connectivity index (χ2n) is 5.12. The summed E-state index contributed by atoms with van der Waals surface area (Å²) in [5, 5.41) is 0. The van der Waals surface area contributed by atoms with E-state index in [2.05, 4.69) is 4.98 Å². The minimum atomic E-state index is -0.0425. The molecule has 0 saturated heterocycles. The minimum absolute atomic E-state index is 0.0425. The van der Waals surface area contributed by atoms with E-state index in [9.17, 15) is 4.79 Å². The van der Waals surface area contributed by atoms with Gasteiger partial charge in [0.05, 0.1) is 13.2 Å². The second kappa shape index (κ2) is 6.68. The molecule has 1 aliphatic heterocycles. The molecule has 0 N–H and O–H groups in total. The van der Waals surface area contributed by atoms with E-state index in [1.807, 2.05) is 36.5 Å². The zero-order valence-electron chi connectivity index (χ0n) is 12.5. The van der Waals surface area contributed by atoms with Crippen molar-refractivity contribution in [3.8, 4) is 11.1 Å². The Kier molecular flexibility index (Phi) is 4.46.